The molecule has 0 fully saturated rings. The average Bonchev–Trinajstić information content (AvgIpc) is 2.13. The molecule has 0 aliphatic carbocycles. The molecular formula is C12H18N2O3S. The largest absolute Gasteiger partial charge is 0.478 e. The van der Waals surface area contributed by atoms with Crippen LogP contribution >= 0.6 is 11.8 Å². The Morgan fingerprint density at radius 1 is 1.33 bits per heavy atom. The van der Waals surface area contributed by atoms with Crippen molar-refractivity contribution in [2.75, 3.05) is 5.75 Å². The monoisotopic (exact) mass is 270 g/mol. The fraction of sp³-hybridized carbons (Fsp3) is 0.583. The summed E-state index contributed by atoms with van der Waals surface area (Å²) < 4.78 is 0. The quantitative estimate of drug-likeness (QED) is 0.629. The number of thioether (sulfide) groups is 1. The Bertz CT molecular complexity index is 455. The molecule has 5 nitrogen and oxygen atoms in total. The van der Waals surface area contributed by atoms with Crippen molar-refractivity contribution >= 4 is 17.7 Å². The SMILES string of the molecule is Cc1nc(C)c(C(=O)O)c(SCCC(C)(C)O)n1. The standard InChI is InChI=1S/C12H18N2O3S/c1-7-9(11(15)16)10(14-8(2)13-7)18-6-5-12(3,4)17/h17H,5-6H2,1-4H3,(H,15,16). The highest BCUT2D eigenvalue weighted by Gasteiger charge is 2.19. The van der Waals surface area contributed by atoms with Crippen molar-refractivity contribution in [3.05, 3.63) is 17.1 Å². The van der Waals surface area contributed by atoms with E-state index in [-0.39, 0.29) is 5.56 Å². The predicted molar refractivity (Wildman–Crippen MR) is 70.1 cm³/mol. The summed E-state index contributed by atoms with van der Waals surface area (Å²) in [4.78, 5) is 19.4. The molecule has 0 atom stereocenters. The molecule has 18 heavy (non-hydrogen) atoms. The van der Waals surface area contributed by atoms with Crippen LogP contribution in [0.2, 0.25) is 0 Å². The molecule has 0 aromatic carbocycles. The summed E-state index contributed by atoms with van der Waals surface area (Å²) in [6.45, 7) is 6.85. The van der Waals surface area contributed by atoms with Gasteiger partial charge in [0.25, 0.3) is 0 Å². The molecule has 1 aromatic heterocycles. The van der Waals surface area contributed by atoms with Gasteiger partial charge in [-0.1, -0.05) is 0 Å². The van der Waals surface area contributed by atoms with Gasteiger partial charge >= 0.3 is 5.97 Å². The summed E-state index contributed by atoms with van der Waals surface area (Å²) in [5.41, 5.74) is -0.129. The Balaban J connectivity index is 2.90. The maximum absolute atomic E-state index is 11.2. The zero-order valence-corrected chi connectivity index (χ0v) is 11.8. The van der Waals surface area contributed by atoms with E-state index < -0.39 is 11.6 Å². The number of hydrogen-bond donors (Lipinski definition) is 2. The van der Waals surface area contributed by atoms with E-state index in [1.54, 1.807) is 27.7 Å². The molecule has 1 rings (SSSR count). The van der Waals surface area contributed by atoms with Gasteiger partial charge in [0.1, 0.15) is 16.4 Å². The first-order chi connectivity index (χ1) is 8.20. The minimum absolute atomic E-state index is 0.154. The van der Waals surface area contributed by atoms with E-state index in [4.69, 9.17) is 5.11 Å². The van der Waals surface area contributed by atoms with E-state index in [1.807, 2.05) is 0 Å². The first-order valence-corrected chi connectivity index (χ1v) is 6.63. The third kappa shape index (κ3) is 4.27. The van der Waals surface area contributed by atoms with Gasteiger partial charge in [-0.3, -0.25) is 0 Å². The fourth-order valence-corrected chi connectivity index (χ4v) is 2.80. The van der Waals surface area contributed by atoms with E-state index in [0.29, 0.717) is 28.7 Å². The Labute approximate surface area is 111 Å². The normalized spacial score (nSPS) is 11.6. The molecular weight excluding hydrogens is 252 g/mol. The molecule has 0 spiro atoms. The number of carboxylic acid groups (broad SMARTS) is 1. The number of aryl methyl sites for hydroxylation is 2. The Morgan fingerprint density at radius 2 is 1.94 bits per heavy atom. The third-order valence-electron chi connectivity index (χ3n) is 2.34. The van der Waals surface area contributed by atoms with Crippen LogP contribution in [-0.4, -0.2) is 37.5 Å². The maximum Gasteiger partial charge on any atom is 0.340 e. The minimum atomic E-state index is -1.02. The molecule has 0 aliphatic rings. The summed E-state index contributed by atoms with van der Waals surface area (Å²) in [7, 11) is 0. The van der Waals surface area contributed by atoms with Crippen LogP contribution in [0.15, 0.2) is 5.03 Å². The highest BCUT2D eigenvalue weighted by atomic mass is 32.2. The van der Waals surface area contributed by atoms with E-state index in [9.17, 15) is 9.90 Å². The van der Waals surface area contributed by atoms with Gasteiger partial charge in [0.15, 0.2) is 0 Å². The van der Waals surface area contributed by atoms with Crippen LogP contribution in [0, 0.1) is 13.8 Å². The average molecular weight is 270 g/mol. The van der Waals surface area contributed by atoms with Gasteiger partial charge in [0, 0.05) is 5.75 Å². The number of aromatic carboxylic acids is 1. The fourth-order valence-electron chi connectivity index (χ4n) is 1.43. The molecule has 0 saturated heterocycles. The topological polar surface area (TPSA) is 83.3 Å². The lowest BCUT2D eigenvalue weighted by Crippen LogP contribution is -2.19. The summed E-state index contributed by atoms with van der Waals surface area (Å²) in [5, 5.41) is 19.2. The van der Waals surface area contributed by atoms with Crippen molar-refractivity contribution in [3.8, 4) is 0 Å². The van der Waals surface area contributed by atoms with Gasteiger partial charge in [-0.05, 0) is 34.1 Å². The van der Waals surface area contributed by atoms with Crippen LogP contribution in [0.3, 0.4) is 0 Å². The van der Waals surface area contributed by atoms with Gasteiger partial charge in [-0.15, -0.1) is 11.8 Å². The number of rotatable bonds is 5. The number of carboxylic acids is 1. The van der Waals surface area contributed by atoms with Gasteiger partial charge in [0.2, 0.25) is 0 Å². The first-order valence-electron chi connectivity index (χ1n) is 5.64. The van der Waals surface area contributed by atoms with E-state index in [0.717, 1.165) is 0 Å². The number of nitrogens with zero attached hydrogens (tertiary/aromatic N) is 2. The lowest BCUT2D eigenvalue weighted by atomic mass is 10.1. The molecule has 6 heteroatoms. The van der Waals surface area contributed by atoms with Crippen molar-refractivity contribution in [3.63, 3.8) is 0 Å². The van der Waals surface area contributed by atoms with Crippen molar-refractivity contribution < 1.29 is 15.0 Å². The molecule has 0 aliphatic heterocycles. The number of aromatic nitrogens is 2. The smallest absolute Gasteiger partial charge is 0.340 e. The lowest BCUT2D eigenvalue weighted by molar-refractivity contribution is 0.0690. The summed E-state index contributed by atoms with van der Waals surface area (Å²) in [6.07, 6.45) is 0.568. The van der Waals surface area contributed by atoms with Crippen LogP contribution in [0.1, 0.15) is 42.1 Å². The van der Waals surface area contributed by atoms with Gasteiger partial charge in [-0.25, -0.2) is 14.8 Å². The number of carbonyl (C=O) groups is 1. The maximum atomic E-state index is 11.2. The van der Waals surface area contributed by atoms with Crippen molar-refractivity contribution in [2.45, 2.75) is 44.7 Å². The van der Waals surface area contributed by atoms with Crippen molar-refractivity contribution in [2.24, 2.45) is 0 Å². The van der Waals surface area contributed by atoms with Crippen LogP contribution in [0.5, 0.6) is 0 Å². The molecule has 0 bridgehead atoms. The van der Waals surface area contributed by atoms with Gasteiger partial charge in [0.05, 0.1) is 11.3 Å². The van der Waals surface area contributed by atoms with Crippen LogP contribution in [0.4, 0.5) is 0 Å². The first kappa shape index (κ1) is 14.9. The molecule has 2 N–H and O–H groups in total. The lowest BCUT2D eigenvalue weighted by Gasteiger charge is -2.16. The van der Waals surface area contributed by atoms with E-state index >= 15 is 0 Å². The highest BCUT2D eigenvalue weighted by Crippen LogP contribution is 2.25. The summed E-state index contributed by atoms with van der Waals surface area (Å²) in [5.74, 6) is 0.154. The van der Waals surface area contributed by atoms with Gasteiger partial charge < -0.3 is 10.2 Å². The second-order valence-electron chi connectivity index (χ2n) is 4.75. The molecule has 0 saturated carbocycles. The zero-order chi connectivity index (χ0) is 13.9. The van der Waals surface area contributed by atoms with Crippen LogP contribution in [-0.2, 0) is 0 Å². The second-order valence-corrected chi connectivity index (χ2v) is 5.84. The number of aliphatic hydroxyl groups is 1. The van der Waals surface area contributed by atoms with Crippen molar-refractivity contribution in [1.82, 2.24) is 9.97 Å². The highest BCUT2D eigenvalue weighted by molar-refractivity contribution is 7.99. The summed E-state index contributed by atoms with van der Waals surface area (Å²) >= 11 is 1.34. The molecule has 1 aromatic rings. The van der Waals surface area contributed by atoms with E-state index in [2.05, 4.69) is 9.97 Å². The van der Waals surface area contributed by atoms with E-state index in [1.165, 1.54) is 11.8 Å². The molecule has 1 heterocycles. The molecule has 0 radical (unpaired) electrons. The Morgan fingerprint density at radius 3 is 2.44 bits per heavy atom. The minimum Gasteiger partial charge on any atom is -0.478 e. The predicted octanol–water partition coefficient (Wildman–Crippen LogP) is 2.04. The summed E-state index contributed by atoms with van der Waals surface area (Å²) in [6, 6.07) is 0. The second kappa shape index (κ2) is 5.67. The Kier molecular flexibility index (Phi) is 4.70. The number of hydrogen-bond acceptors (Lipinski definition) is 5. The molecule has 100 valence electrons. The molecule has 0 amide bonds. The molecule has 0 unspecified atom stereocenters. The van der Waals surface area contributed by atoms with Crippen LogP contribution < -0.4 is 0 Å². The van der Waals surface area contributed by atoms with Gasteiger partial charge in [-0.2, -0.15) is 0 Å². The van der Waals surface area contributed by atoms with Crippen LogP contribution in [0.25, 0.3) is 0 Å². The zero-order valence-electron chi connectivity index (χ0n) is 11.0. The van der Waals surface area contributed by atoms with Crippen molar-refractivity contribution in [1.29, 1.82) is 0 Å². The third-order valence-corrected chi connectivity index (χ3v) is 3.31. The Hall–Kier alpha value is -1.14.